The van der Waals surface area contributed by atoms with Gasteiger partial charge in [-0.1, -0.05) is 48.5 Å². The van der Waals surface area contributed by atoms with Gasteiger partial charge in [-0.15, -0.1) is 0 Å². The molecule has 0 aliphatic carbocycles. The Labute approximate surface area is 123 Å². The van der Waals surface area contributed by atoms with Crippen LogP contribution in [0.25, 0.3) is 5.57 Å². The molecule has 3 rings (SSSR count). The second-order valence-corrected chi connectivity index (χ2v) is 4.80. The van der Waals surface area contributed by atoms with Gasteiger partial charge in [-0.25, -0.2) is 0 Å². The standard InChI is InChI=1S/C15H16BN3O2/c20-16(21)19-12-14(13-7-3-1-4-8-13)11-18(17-19)15-9-5-2-6-10-15/h1-10,12,17,20-21H,11H2. The number of benzene rings is 2. The van der Waals surface area contributed by atoms with Crippen molar-refractivity contribution < 1.29 is 10.0 Å². The van der Waals surface area contributed by atoms with Crippen LogP contribution in [-0.2, 0) is 0 Å². The molecule has 0 bridgehead atoms. The largest absolute Gasteiger partial charge is 0.604 e. The number of rotatable bonds is 3. The first-order valence-corrected chi connectivity index (χ1v) is 6.73. The molecular weight excluding hydrogens is 265 g/mol. The Balaban J connectivity index is 1.93. The highest BCUT2D eigenvalue weighted by atomic mass is 16.4. The van der Waals surface area contributed by atoms with E-state index in [1.165, 1.54) is 4.92 Å². The van der Waals surface area contributed by atoms with E-state index in [1.54, 1.807) is 6.20 Å². The van der Waals surface area contributed by atoms with E-state index in [4.69, 9.17) is 0 Å². The molecule has 6 heteroatoms. The zero-order chi connectivity index (χ0) is 14.7. The van der Waals surface area contributed by atoms with Crippen LogP contribution in [-0.4, -0.2) is 28.8 Å². The van der Waals surface area contributed by atoms with Gasteiger partial charge in [0.1, 0.15) is 0 Å². The molecule has 0 saturated carbocycles. The van der Waals surface area contributed by atoms with Crippen molar-refractivity contribution in [2.75, 3.05) is 11.6 Å². The van der Waals surface area contributed by atoms with E-state index in [9.17, 15) is 10.0 Å². The lowest BCUT2D eigenvalue weighted by Crippen LogP contribution is -2.57. The minimum absolute atomic E-state index is 0.622. The van der Waals surface area contributed by atoms with Gasteiger partial charge in [0.25, 0.3) is 0 Å². The Morgan fingerprint density at radius 2 is 1.52 bits per heavy atom. The predicted octanol–water partition coefficient (Wildman–Crippen LogP) is 1.24. The quantitative estimate of drug-likeness (QED) is 0.739. The average molecular weight is 281 g/mol. The number of para-hydroxylation sites is 1. The van der Waals surface area contributed by atoms with Gasteiger partial charge in [-0.05, 0) is 23.3 Å². The fourth-order valence-electron chi connectivity index (χ4n) is 2.28. The summed E-state index contributed by atoms with van der Waals surface area (Å²) < 4.78 is 0. The van der Waals surface area contributed by atoms with E-state index in [0.29, 0.717) is 6.54 Å². The number of anilines is 1. The summed E-state index contributed by atoms with van der Waals surface area (Å²) >= 11 is 0. The van der Waals surface area contributed by atoms with Gasteiger partial charge in [0.15, 0.2) is 0 Å². The number of hydrogen-bond acceptors (Lipinski definition) is 5. The first-order chi connectivity index (χ1) is 10.2. The minimum Gasteiger partial charge on any atom is -0.407 e. The summed E-state index contributed by atoms with van der Waals surface area (Å²) in [6, 6.07) is 19.6. The molecule has 0 saturated heterocycles. The molecule has 5 nitrogen and oxygen atoms in total. The van der Waals surface area contributed by atoms with E-state index >= 15 is 0 Å². The summed E-state index contributed by atoms with van der Waals surface area (Å²) in [6.45, 7) is 0.622. The third-order valence-electron chi connectivity index (χ3n) is 3.32. The molecule has 0 spiro atoms. The fraction of sp³-hybridized carbons (Fsp3) is 0.0667. The average Bonchev–Trinajstić information content (AvgIpc) is 2.56. The Morgan fingerprint density at radius 1 is 0.905 bits per heavy atom. The molecule has 2 aromatic carbocycles. The van der Waals surface area contributed by atoms with Crippen LogP contribution in [0.15, 0.2) is 66.9 Å². The SMILES string of the molecule is OB(O)N1C=C(c2ccccc2)CN(c2ccccc2)N1. The van der Waals surface area contributed by atoms with Crippen molar-refractivity contribution in [1.82, 2.24) is 10.5 Å². The predicted molar refractivity (Wildman–Crippen MR) is 83.4 cm³/mol. The van der Waals surface area contributed by atoms with Crippen molar-refractivity contribution in [2.24, 2.45) is 0 Å². The molecular formula is C15H16BN3O2. The molecule has 0 aromatic heterocycles. The van der Waals surface area contributed by atoms with Crippen molar-refractivity contribution in [1.29, 1.82) is 0 Å². The molecule has 0 amide bonds. The van der Waals surface area contributed by atoms with E-state index in [-0.39, 0.29) is 0 Å². The topological polar surface area (TPSA) is 59.0 Å². The van der Waals surface area contributed by atoms with Crippen molar-refractivity contribution in [3.63, 3.8) is 0 Å². The molecule has 0 fully saturated rings. The third kappa shape index (κ3) is 3.08. The van der Waals surface area contributed by atoms with Crippen molar-refractivity contribution >= 4 is 18.5 Å². The van der Waals surface area contributed by atoms with Crippen LogP contribution in [0.1, 0.15) is 5.56 Å². The lowest BCUT2D eigenvalue weighted by atomic mass is 10.0. The lowest BCUT2D eigenvalue weighted by molar-refractivity contribution is 0.257. The number of hydrogen-bond donors (Lipinski definition) is 3. The normalized spacial score (nSPS) is 14.9. The van der Waals surface area contributed by atoms with Crippen LogP contribution in [0.2, 0.25) is 0 Å². The van der Waals surface area contributed by atoms with Gasteiger partial charge in [-0.3, -0.25) is 9.93 Å². The molecule has 21 heavy (non-hydrogen) atoms. The minimum atomic E-state index is -1.62. The lowest BCUT2D eigenvalue weighted by Gasteiger charge is -2.37. The second kappa shape index (κ2) is 6.01. The molecule has 1 heterocycles. The van der Waals surface area contributed by atoms with Gasteiger partial charge in [0, 0.05) is 6.20 Å². The highest BCUT2D eigenvalue weighted by Crippen LogP contribution is 2.23. The molecule has 0 unspecified atom stereocenters. The summed E-state index contributed by atoms with van der Waals surface area (Å²) in [7, 11) is -1.62. The molecule has 0 radical (unpaired) electrons. The number of nitrogens with zero attached hydrogens (tertiary/aromatic N) is 2. The van der Waals surface area contributed by atoms with Crippen LogP contribution in [0.5, 0.6) is 0 Å². The van der Waals surface area contributed by atoms with Crippen molar-refractivity contribution in [2.45, 2.75) is 0 Å². The Hall–Kier alpha value is -2.28. The third-order valence-corrected chi connectivity index (χ3v) is 3.32. The van der Waals surface area contributed by atoms with Crippen LogP contribution in [0, 0.1) is 0 Å². The van der Waals surface area contributed by atoms with E-state index in [1.807, 2.05) is 65.7 Å². The maximum atomic E-state index is 9.45. The van der Waals surface area contributed by atoms with Crippen LogP contribution >= 0.6 is 0 Å². The van der Waals surface area contributed by atoms with Gasteiger partial charge < -0.3 is 10.0 Å². The maximum absolute atomic E-state index is 9.45. The summed E-state index contributed by atoms with van der Waals surface area (Å²) in [5.74, 6) is 0. The monoisotopic (exact) mass is 281 g/mol. The second-order valence-electron chi connectivity index (χ2n) is 4.80. The number of hydrazine groups is 2. The van der Waals surface area contributed by atoms with E-state index < -0.39 is 7.25 Å². The maximum Gasteiger partial charge on any atom is 0.604 e. The number of nitrogens with one attached hydrogen (secondary N) is 1. The Kier molecular flexibility index (Phi) is 3.92. The molecule has 0 atom stereocenters. The zero-order valence-corrected chi connectivity index (χ0v) is 11.4. The highest BCUT2D eigenvalue weighted by molar-refractivity contribution is 6.37. The molecule has 3 N–H and O–H groups in total. The fourth-order valence-corrected chi connectivity index (χ4v) is 2.28. The van der Waals surface area contributed by atoms with Crippen LogP contribution in [0.3, 0.4) is 0 Å². The smallest absolute Gasteiger partial charge is 0.407 e. The van der Waals surface area contributed by atoms with Crippen LogP contribution < -0.4 is 10.5 Å². The van der Waals surface area contributed by atoms with Crippen LogP contribution in [0.4, 0.5) is 5.69 Å². The van der Waals surface area contributed by atoms with Crippen molar-refractivity contribution in [3.05, 3.63) is 72.4 Å². The molecule has 1 aliphatic heterocycles. The van der Waals surface area contributed by atoms with E-state index in [2.05, 4.69) is 5.53 Å². The Morgan fingerprint density at radius 3 is 2.14 bits per heavy atom. The molecule has 2 aromatic rings. The Bertz CT molecular complexity index is 619. The molecule has 1 aliphatic rings. The summed E-state index contributed by atoms with van der Waals surface area (Å²) in [4.78, 5) is 1.26. The van der Waals surface area contributed by atoms with Gasteiger partial charge in [0.05, 0.1) is 12.2 Å². The van der Waals surface area contributed by atoms with Gasteiger partial charge >= 0.3 is 7.25 Å². The summed E-state index contributed by atoms with van der Waals surface area (Å²) in [6.07, 6.45) is 1.71. The van der Waals surface area contributed by atoms with E-state index in [0.717, 1.165) is 16.8 Å². The first-order valence-electron chi connectivity index (χ1n) is 6.73. The molecule has 106 valence electrons. The highest BCUT2D eigenvalue weighted by Gasteiger charge is 2.26. The first kappa shape index (κ1) is 13.7. The summed E-state index contributed by atoms with van der Waals surface area (Å²) in [5.41, 5.74) is 5.95. The van der Waals surface area contributed by atoms with Gasteiger partial charge in [-0.2, -0.15) is 5.53 Å². The van der Waals surface area contributed by atoms with Gasteiger partial charge in [0.2, 0.25) is 0 Å². The summed E-state index contributed by atoms with van der Waals surface area (Å²) in [5, 5.41) is 20.8. The zero-order valence-electron chi connectivity index (χ0n) is 11.4. The van der Waals surface area contributed by atoms with Crippen molar-refractivity contribution in [3.8, 4) is 0 Å².